The highest BCUT2D eigenvalue weighted by atomic mass is 35.5. The van der Waals surface area contributed by atoms with Gasteiger partial charge in [0.05, 0.1) is 21.2 Å². The topological polar surface area (TPSA) is 57.7 Å². The van der Waals surface area contributed by atoms with Crippen molar-refractivity contribution in [3.05, 3.63) is 95.0 Å². The van der Waals surface area contributed by atoms with Crippen LogP contribution in [-0.4, -0.2) is 32.8 Å². The van der Waals surface area contributed by atoms with Gasteiger partial charge in [-0.2, -0.15) is 13.2 Å². The van der Waals surface area contributed by atoms with Crippen LogP contribution in [0.1, 0.15) is 11.1 Å². The van der Waals surface area contributed by atoms with E-state index in [1.165, 1.54) is 36.2 Å². The van der Waals surface area contributed by atoms with Crippen LogP contribution in [0.25, 0.3) is 0 Å². The minimum absolute atomic E-state index is 0.183. The van der Waals surface area contributed by atoms with Crippen molar-refractivity contribution in [1.82, 2.24) is 4.90 Å². The Kier molecular flexibility index (Phi) is 7.34. The van der Waals surface area contributed by atoms with Crippen molar-refractivity contribution in [2.24, 2.45) is 0 Å². The van der Waals surface area contributed by atoms with E-state index in [9.17, 15) is 26.4 Å². The molecule has 0 aliphatic heterocycles. The molecule has 33 heavy (non-hydrogen) atoms. The molecule has 3 rings (SSSR count). The van der Waals surface area contributed by atoms with Gasteiger partial charge in [-0.05, 0) is 35.9 Å². The molecule has 0 N–H and O–H groups in total. The second-order valence-electron chi connectivity index (χ2n) is 7.22. The van der Waals surface area contributed by atoms with Crippen molar-refractivity contribution in [2.45, 2.75) is 17.6 Å². The average molecular weight is 497 g/mol. The summed E-state index contributed by atoms with van der Waals surface area (Å²) in [4.78, 5) is 14.1. The maximum Gasteiger partial charge on any atom is 0.416 e. The number of amides is 1. The van der Waals surface area contributed by atoms with E-state index in [0.29, 0.717) is 10.4 Å². The van der Waals surface area contributed by atoms with Gasteiger partial charge in [0.15, 0.2) is 0 Å². The van der Waals surface area contributed by atoms with Gasteiger partial charge in [-0.25, -0.2) is 8.42 Å². The molecule has 0 unspecified atom stereocenters. The van der Waals surface area contributed by atoms with Crippen molar-refractivity contribution >= 4 is 33.2 Å². The molecule has 0 aromatic heterocycles. The number of hydrogen-bond donors (Lipinski definition) is 0. The van der Waals surface area contributed by atoms with Gasteiger partial charge in [0.1, 0.15) is 6.54 Å². The Bertz CT molecular complexity index is 1220. The van der Waals surface area contributed by atoms with Crippen LogP contribution in [0.4, 0.5) is 18.9 Å². The summed E-state index contributed by atoms with van der Waals surface area (Å²) in [7, 11) is -2.92. The summed E-state index contributed by atoms with van der Waals surface area (Å²) in [5.74, 6) is -0.619. The molecular formula is C23H20ClF3N2O3S. The smallest absolute Gasteiger partial charge is 0.340 e. The van der Waals surface area contributed by atoms with Gasteiger partial charge >= 0.3 is 6.18 Å². The van der Waals surface area contributed by atoms with Crippen LogP contribution < -0.4 is 4.31 Å². The summed E-state index contributed by atoms with van der Waals surface area (Å²) >= 11 is 6.13. The van der Waals surface area contributed by atoms with E-state index >= 15 is 0 Å². The fourth-order valence-electron chi connectivity index (χ4n) is 3.09. The van der Waals surface area contributed by atoms with E-state index in [4.69, 9.17) is 11.6 Å². The number of sulfonamides is 1. The number of carbonyl (C=O) groups excluding carboxylic acids is 1. The fraction of sp³-hybridized carbons (Fsp3) is 0.174. The molecule has 0 spiro atoms. The second kappa shape index (κ2) is 9.84. The zero-order valence-electron chi connectivity index (χ0n) is 17.5. The number of benzene rings is 3. The molecule has 0 bridgehead atoms. The number of nitrogens with zero attached hydrogens (tertiary/aromatic N) is 2. The quantitative estimate of drug-likeness (QED) is 0.451. The summed E-state index contributed by atoms with van der Waals surface area (Å²) in [5.41, 5.74) is -0.708. The first kappa shape index (κ1) is 24.6. The SMILES string of the molecule is CN(Cc1ccccc1)C(=O)CN(c1cc(C(F)(F)F)ccc1Cl)S(=O)(=O)c1ccccc1. The Hall–Kier alpha value is -3.04. The summed E-state index contributed by atoms with van der Waals surface area (Å²) in [5, 5.41) is -0.235. The van der Waals surface area contributed by atoms with Crippen molar-refractivity contribution in [3.63, 3.8) is 0 Å². The van der Waals surface area contributed by atoms with Crippen LogP contribution in [0.15, 0.2) is 83.8 Å². The first-order valence-corrected chi connectivity index (χ1v) is 11.5. The van der Waals surface area contributed by atoms with E-state index in [1.54, 1.807) is 30.3 Å². The fourth-order valence-corrected chi connectivity index (χ4v) is 4.80. The molecule has 0 heterocycles. The predicted molar refractivity (Wildman–Crippen MR) is 120 cm³/mol. The maximum absolute atomic E-state index is 13.4. The maximum atomic E-state index is 13.4. The third kappa shape index (κ3) is 5.85. The lowest BCUT2D eigenvalue weighted by molar-refractivity contribution is -0.137. The van der Waals surface area contributed by atoms with Crippen LogP contribution in [0.5, 0.6) is 0 Å². The monoisotopic (exact) mass is 496 g/mol. The molecule has 0 aliphatic carbocycles. The zero-order valence-corrected chi connectivity index (χ0v) is 19.0. The molecule has 0 saturated carbocycles. The molecule has 0 radical (unpaired) electrons. The van der Waals surface area contributed by atoms with Gasteiger partial charge < -0.3 is 4.90 Å². The minimum atomic E-state index is -4.73. The Balaban J connectivity index is 2.03. The minimum Gasteiger partial charge on any atom is -0.340 e. The number of alkyl halides is 3. The lowest BCUT2D eigenvalue weighted by Crippen LogP contribution is -2.41. The third-order valence-corrected chi connectivity index (χ3v) is 6.93. The first-order valence-electron chi connectivity index (χ1n) is 9.72. The molecular weight excluding hydrogens is 477 g/mol. The van der Waals surface area contributed by atoms with E-state index < -0.39 is 39.9 Å². The molecule has 0 atom stereocenters. The molecule has 174 valence electrons. The van der Waals surface area contributed by atoms with E-state index in [0.717, 1.165) is 17.7 Å². The molecule has 1 amide bonds. The number of halogens is 4. The van der Waals surface area contributed by atoms with Crippen molar-refractivity contribution < 1.29 is 26.4 Å². The Labute approximate surface area is 195 Å². The normalized spacial score (nSPS) is 11.8. The number of hydrogen-bond acceptors (Lipinski definition) is 3. The average Bonchev–Trinajstić information content (AvgIpc) is 2.78. The van der Waals surface area contributed by atoms with Crippen LogP contribution >= 0.6 is 11.6 Å². The molecule has 0 saturated heterocycles. The van der Waals surface area contributed by atoms with Gasteiger partial charge in [-0.1, -0.05) is 60.1 Å². The van der Waals surface area contributed by atoms with Gasteiger partial charge in [-0.15, -0.1) is 0 Å². The van der Waals surface area contributed by atoms with Gasteiger partial charge in [0, 0.05) is 13.6 Å². The lowest BCUT2D eigenvalue weighted by atomic mass is 10.2. The highest BCUT2D eigenvalue weighted by Gasteiger charge is 2.34. The number of rotatable bonds is 7. The van der Waals surface area contributed by atoms with Crippen LogP contribution in [0, 0.1) is 0 Å². The molecule has 5 nitrogen and oxygen atoms in total. The summed E-state index contributed by atoms with van der Waals surface area (Å²) in [6.07, 6.45) is -4.73. The molecule has 3 aromatic carbocycles. The number of anilines is 1. The van der Waals surface area contributed by atoms with Gasteiger partial charge in [0.25, 0.3) is 10.0 Å². The van der Waals surface area contributed by atoms with Crippen LogP contribution in [-0.2, 0) is 27.5 Å². The standard InChI is InChI=1S/C23H20ClF3N2O3S/c1-28(15-17-8-4-2-5-9-17)22(30)16-29(33(31,32)19-10-6-3-7-11-19)21-14-18(23(25,26)27)12-13-20(21)24/h2-14H,15-16H2,1H3. The zero-order chi connectivity index (χ0) is 24.2. The third-order valence-electron chi connectivity index (χ3n) is 4.84. The summed E-state index contributed by atoms with van der Waals surface area (Å²) < 4.78 is 67.4. The highest BCUT2D eigenvalue weighted by Crippen LogP contribution is 2.37. The van der Waals surface area contributed by atoms with Crippen molar-refractivity contribution in [3.8, 4) is 0 Å². The number of likely N-dealkylation sites (N-methyl/N-ethyl adjacent to an activating group) is 1. The van der Waals surface area contributed by atoms with Crippen molar-refractivity contribution in [1.29, 1.82) is 0 Å². The predicted octanol–water partition coefficient (Wildman–Crippen LogP) is 5.21. The Morgan fingerprint density at radius 2 is 1.52 bits per heavy atom. The molecule has 10 heteroatoms. The van der Waals surface area contributed by atoms with E-state index in [1.807, 2.05) is 6.07 Å². The lowest BCUT2D eigenvalue weighted by Gasteiger charge is -2.28. The van der Waals surface area contributed by atoms with Gasteiger partial charge in [0.2, 0.25) is 5.91 Å². The van der Waals surface area contributed by atoms with Crippen LogP contribution in [0.2, 0.25) is 5.02 Å². The Morgan fingerprint density at radius 3 is 2.09 bits per heavy atom. The van der Waals surface area contributed by atoms with E-state index in [2.05, 4.69) is 0 Å². The summed E-state index contributed by atoms with van der Waals surface area (Å²) in [6.45, 7) is -0.545. The molecule has 0 fully saturated rings. The largest absolute Gasteiger partial charge is 0.416 e. The highest BCUT2D eigenvalue weighted by molar-refractivity contribution is 7.92. The van der Waals surface area contributed by atoms with Crippen molar-refractivity contribution in [2.75, 3.05) is 17.9 Å². The Morgan fingerprint density at radius 1 is 0.939 bits per heavy atom. The molecule has 3 aromatic rings. The van der Waals surface area contributed by atoms with Crippen LogP contribution in [0.3, 0.4) is 0 Å². The first-order chi connectivity index (χ1) is 15.5. The number of carbonyl (C=O) groups is 1. The van der Waals surface area contributed by atoms with E-state index in [-0.39, 0.29) is 16.5 Å². The van der Waals surface area contributed by atoms with Gasteiger partial charge in [-0.3, -0.25) is 9.10 Å². The molecule has 0 aliphatic rings. The second-order valence-corrected chi connectivity index (χ2v) is 9.49. The summed E-state index contributed by atoms with van der Waals surface area (Å²) in [6, 6.07) is 18.5.